The summed E-state index contributed by atoms with van der Waals surface area (Å²) in [6, 6.07) is 9.04. The number of fused-ring (bicyclic) bond motifs is 1. The predicted molar refractivity (Wildman–Crippen MR) is 79.5 cm³/mol. The van der Waals surface area contributed by atoms with Crippen molar-refractivity contribution < 1.29 is 24.6 Å². The van der Waals surface area contributed by atoms with Crippen LogP contribution < -0.4 is 0 Å². The van der Waals surface area contributed by atoms with E-state index in [1.165, 1.54) is 11.8 Å². The summed E-state index contributed by atoms with van der Waals surface area (Å²) in [5.74, 6) is -3.94. The molecule has 0 spiro atoms. The van der Waals surface area contributed by atoms with Gasteiger partial charge in [-0.3, -0.25) is 4.79 Å². The molecular formula is C15H15NO5S. The molecule has 2 atom stereocenters. The standard InChI is InChI=1S/C15H15NO5S/c1-14(2)15(12(18)19,13(20)21)16-10(17)9(11(16)22-14)8-6-4-3-5-7-8/h3-7,9,11H,1-2H3,(H,18,19)(H,20,21)/t9-,11-/m1/s1. The van der Waals surface area contributed by atoms with Gasteiger partial charge in [0, 0.05) is 0 Å². The third-order valence-corrected chi connectivity index (χ3v) is 6.08. The van der Waals surface area contributed by atoms with E-state index in [1.807, 2.05) is 6.07 Å². The van der Waals surface area contributed by atoms with Crippen LogP contribution in [0.1, 0.15) is 25.3 Å². The van der Waals surface area contributed by atoms with E-state index >= 15 is 0 Å². The van der Waals surface area contributed by atoms with Crippen molar-refractivity contribution in [2.24, 2.45) is 0 Å². The average molecular weight is 321 g/mol. The molecule has 2 saturated heterocycles. The lowest BCUT2D eigenvalue weighted by Gasteiger charge is -2.47. The topological polar surface area (TPSA) is 94.9 Å². The summed E-state index contributed by atoms with van der Waals surface area (Å²) in [7, 11) is 0. The Labute approximate surface area is 131 Å². The van der Waals surface area contributed by atoms with Gasteiger partial charge < -0.3 is 15.1 Å². The van der Waals surface area contributed by atoms with E-state index in [0.29, 0.717) is 0 Å². The number of hydrogen-bond donors (Lipinski definition) is 2. The molecule has 0 bridgehead atoms. The van der Waals surface area contributed by atoms with Crippen LogP contribution in [0.25, 0.3) is 0 Å². The molecule has 0 saturated carbocycles. The fourth-order valence-electron chi connectivity index (χ4n) is 3.40. The third-order valence-electron chi connectivity index (χ3n) is 4.47. The van der Waals surface area contributed by atoms with E-state index < -0.39 is 39.4 Å². The lowest BCUT2D eigenvalue weighted by molar-refractivity contribution is -0.182. The summed E-state index contributed by atoms with van der Waals surface area (Å²) in [5.41, 5.74) is -1.45. The molecule has 0 aliphatic carbocycles. The fraction of sp³-hybridized carbons (Fsp3) is 0.400. The zero-order chi connectivity index (χ0) is 16.3. The number of benzene rings is 1. The molecule has 0 radical (unpaired) electrons. The van der Waals surface area contributed by atoms with Crippen LogP contribution in [0.4, 0.5) is 0 Å². The molecule has 2 aliphatic rings. The molecule has 0 aromatic heterocycles. The molecule has 1 aromatic carbocycles. The zero-order valence-electron chi connectivity index (χ0n) is 12.0. The Hall–Kier alpha value is -2.02. The maximum Gasteiger partial charge on any atom is 0.343 e. The minimum atomic E-state index is -2.23. The number of rotatable bonds is 3. The highest BCUT2D eigenvalue weighted by atomic mass is 32.2. The third kappa shape index (κ3) is 1.54. The Morgan fingerprint density at radius 2 is 1.68 bits per heavy atom. The van der Waals surface area contributed by atoms with Crippen LogP contribution in [0.5, 0.6) is 0 Å². The number of carbonyl (C=O) groups excluding carboxylic acids is 1. The molecule has 6 nitrogen and oxygen atoms in total. The highest BCUT2D eigenvalue weighted by Crippen LogP contribution is 2.61. The second-order valence-corrected chi connectivity index (χ2v) is 7.68. The second kappa shape index (κ2) is 4.49. The Balaban J connectivity index is 2.08. The van der Waals surface area contributed by atoms with Gasteiger partial charge in [0.2, 0.25) is 5.91 Å². The Kier molecular flexibility index (Phi) is 3.04. The van der Waals surface area contributed by atoms with E-state index in [2.05, 4.69) is 0 Å². The van der Waals surface area contributed by atoms with Gasteiger partial charge in [0.05, 0.1) is 16.0 Å². The first kappa shape index (κ1) is 14.9. The van der Waals surface area contributed by atoms with Gasteiger partial charge in [-0.15, -0.1) is 11.8 Å². The van der Waals surface area contributed by atoms with Crippen molar-refractivity contribution in [1.82, 2.24) is 4.90 Å². The van der Waals surface area contributed by atoms with Crippen molar-refractivity contribution in [2.75, 3.05) is 0 Å². The second-order valence-electron chi connectivity index (χ2n) is 5.94. The molecule has 0 unspecified atom stereocenters. The molecule has 3 rings (SSSR count). The molecule has 7 heteroatoms. The van der Waals surface area contributed by atoms with Gasteiger partial charge in [0.15, 0.2) is 0 Å². The maximum absolute atomic E-state index is 12.5. The van der Waals surface area contributed by atoms with E-state index in [-0.39, 0.29) is 0 Å². The van der Waals surface area contributed by atoms with Gasteiger partial charge in [-0.25, -0.2) is 9.59 Å². The van der Waals surface area contributed by atoms with Crippen molar-refractivity contribution in [1.29, 1.82) is 0 Å². The number of aliphatic carboxylic acids is 2. The monoisotopic (exact) mass is 321 g/mol. The van der Waals surface area contributed by atoms with Crippen molar-refractivity contribution in [2.45, 2.75) is 35.4 Å². The number of β-lactam (4-membered cyclic amide) rings is 1. The molecule has 22 heavy (non-hydrogen) atoms. The number of carboxylic acids is 2. The van der Waals surface area contributed by atoms with E-state index in [0.717, 1.165) is 10.5 Å². The molecule has 1 amide bonds. The summed E-state index contributed by atoms with van der Waals surface area (Å²) >= 11 is 1.23. The van der Waals surface area contributed by atoms with Gasteiger partial charge in [-0.2, -0.15) is 0 Å². The van der Waals surface area contributed by atoms with Gasteiger partial charge in [-0.1, -0.05) is 30.3 Å². The molecule has 2 fully saturated rings. The van der Waals surface area contributed by atoms with Crippen molar-refractivity contribution >= 4 is 29.6 Å². The first-order valence-corrected chi connectivity index (χ1v) is 7.66. The Morgan fingerprint density at radius 3 is 2.18 bits per heavy atom. The van der Waals surface area contributed by atoms with E-state index in [9.17, 15) is 24.6 Å². The maximum atomic E-state index is 12.5. The Morgan fingerprint density at radius 1 is 1.14 bits per heavy atom. The lowest BCUT2D eigenvalue weighted by atomic mass is 9.78. The van der Waals surface area contributed by atoms with E-state index in [1.54, 1.807) is 38.1 Å². The SMILES string of the molecule is CC1(C)S[C@@H]2[C@H](c3ccccc3)C(=O)N2C1(C(=O)O)C(=O)O. The van der Waals surface area contributed by atoms with Crippen LogP contribution in [-0.2, 0) is 14.4 Å². The smallest absolute Gasteiger partial charge is 0.343 e. The largest absolute Gasteiger partial charge is 0.479 e. The van der Waals surface area contributed by atoms with Crippen molar-refractivity contribution in [3.8, 4) is 0 Å². The van der Waals surface area contributed by atoms with Gasteiger partial charge in [0.1, 0.15) is 0 Å². The first-order valence-electron chi connectivity index (χ1n) is 6.78. The number of nitrogens with zero attached hydrogens (tertiary/aromatic N) is 1. The quantitative estimate of drug-likeness (QED) is 0.645. The molecular weight excluding hydrogens is 306 g/mol. The number of carboxylic acid groups (broad SMARTS) is 2. The molecule has 116 valence electrons. The summed E-state index contributed by atoms with van der Waals surface area (Å²) in [6.45, 7) is 3.13. The zero-order valence-corrected chi connectivity index (χ0v) is 12.8. The Bertz CT molecular complexity index is 658. The van der Waals surface area contributed by atoms with Crippen molar-refractivity contribution in [3.63, 3.8) is 0 Å². The van der Waals surface area contributed by atoms with Crippen molar-refractivity contribution in [3.05, 3.63) is 35.9 Å². The number of thioether (sulfide) groups is 1. The van der Waals surface area contributed by atoms with Crippen LogP contribution in [0, 0.1) is 0 Å². The fourth-order valence-corrected chi connectivity index (χ4v) is 5.22. The summed E-state index contributed by atoms with van der Waals surface area (Å²) in [5, 5.41) is 18.7. The molecule has 1 aromatic rings. The van der Waals surface area contributed by atoms with E-state index in [4.69, 9.17) is 0 Å². The van der Waals surface area contributed by atoms with Gasteiger partial charge in [0.25, 0.3) is 5.54 Å². The predicted octanol–water partition coefficient (Wildman–Crippen LogP) is 1.37. The van der Waals surface area contributed by atoms with Gasteiger partial charge in [-0.05, 0) is 19.4 Å². The van der Waals surface area contributed by atoms with Crippen LogP contribution in [0.2, 0.25) is 0 Å². The normalized spacial score (nSPS) is 27.9. The highest BCUT2D eigenvalue weighted by molar-refractivity contribution is 8.01. The molecule has 2 heterocycles. The minimum absolute atomic E-state index is 0.445. The van der Waals surface area contributed by atoms with Crippen LogP contribution >= 0.6 is 11.8 Å². The lowest BCUT2D eigenvalue weighted by Crippen LogP contribution is -2.73. The highest BCUT2D eigenvalue weighted by Gasteiger charge is 2.76. The van der Waals surface area contributed by atoms with Crippen LogP contribution in [-0.4, -0.2) is 48.6 Å². The van der Waals surface area contributed by atoms with Crippen LogP contribution in [0.3, 0.4) is 0 Å². The van der Waals surface area contributed by atoms with Crippen LogP contribution in [0.15, 0.2) is 30.3 Å². The minimum Gasteiger partial charge on any atom is -0.479 e. The number of carbonyl (C=O) groups is 3. The summed E-state index contributed by atoms with van der Waals surface area (Å²) in [6.07, 6.45) is 0. The molecule has 2 aliphatic heterocycles. The number of hydrogen-bond acceptors (Lipinski definition) is 4. The van der Waals surface area contributed by atoms with Gasteiger partial charge >= 0.3 is 11.9 Å². The number of amides is 1. The summed E-state index contributed by atoms with van der Waals surface area (Å²) < 4.78 is -1.13. The first-order chi connectivity index (χ1) is 10.2. The summed E-state index contributed by atoms with van der Waals surface area (Å²) in [4.78, 5) is 37.1. The average Bonchev–Trinajstić information content (AvgIpc) is 2.65. The molecule has 2 N–H and O–H groups in total.